The number of carbonyl (C=O) groups is 1. The van der Waals surface area contributed by atoms with Gasteiger partial charge in [-0.2, -0.15) is 0 Å². The number of fused-ring (bicyclic) bond motifs is 3. The zero-order valence-corrected chi connectivity index (χ0v) is 13.5. The molecule has 2 bridgehead atoms. The Kier molecular flexibility index (Phi) is 4.05. The maximum atomic E-state index is 12.4. The summed E-state index contributed by atoms with van der Waals surface area (Å²) in [5.74, 6) is 0.648. The van der Waals surface area contributed by atoms with Crippen LogP contribution in [-0.2, 0) is 0 Å². The van der Waals surface area contributed by atoms with E-state index in [0.717, 1.165) is 11.4 Å². The van der Waals surface area contributed by atoms with Crippen LogP contribution in [0, 0.1) is 5.92 Å². The van der Waals surface area contributed by atoms with Crippen LogP contribution in [0.1, 0.15) is 23.2 Å². The van der Waals surface area contributed by atoms with Crippen molar-refractivity contribution >= 4 is 17.7 Å². The molecule has 23 heavy (non-hydrogen) atoms. The lowest BCUT2D eigenvalue weighted by molar-refractivity contribution is 0.0620. The Morgan fingerprint density at radius 2 is 2.04 bits per heavy atom. The molecule has 120 valence electrons. The zero-order valence-electron chi connectivity index (χ0n) is 12.6. The zero-order chi connectivity index (χ0) is 15.6. The van der Waals surface area contributed by atoms with Gasteiger partial charge in [0.2, 0.25) is 6.39 Å². The number of rotatable bonds is 4. The van der Waals surface area contributed by atoms with Crippen molar-refractivity contribution in [1.29, 1.82) is 0 Å². The first-order chi connectivity index (χ1) is 11.3. The van der Waals surface area contributed by atoms with Crippen LogP contribution in [0.25, 0.3) is 0 Å². The Hall–Kier alpha value is -1.86. The fourth-order valence-corrected chi connectivity index (χ4v) is 4.02. The molecule has 4 heterocycles. The Morgan fingerprint density at radius 3 is 2.65 bits per heavy atom. The minimum atomic E-state index is 0.0121. The van der Waals surface area contributed by atoms with E-state index in [1.165, 1.54) is 44.1 Å². The minimum absolute atomic E-state index is 0.0121. The molecule has 1 aromatic heterocycles. The summed E-state index contributed by atoms with van der Waals surface area (Å²) in [6.07, 6.45) is 3.70. The second kappa shape index (κ2) is 6.33. The molecule has 3 saturated heterocycles. The summed E-state index contributed by atoms with van der Waals surface area (Å²) in [5, 5.41) is 11.2. The maximum absolute atomic E-state index is 12.4. The van der Waals surface area contributed by atoms with E-state index in [1.807, 2.05) is 24.3 Å². The molecule has 1 unspecified atom stereocenters. The normalized spacial score (nSPS) is 26.2. The molecule has 7 heteroatoms. The van der Waals surface area contributed by atoms with E-state index in [9.17, 15) is 4.79 Å². The quantitative estimate of drug-likeness (QED) is 0.925. The summed E-state index contributed by atoms with van der Waals surface area (Å²) in [4.78, 5) is 15.8. The Bertz CT molecular complexity index is 666. The van der Waals surface area contributed by atoms with Gasteiger partial charge in [-0.1, -0.05) is 0 Å². The standard InChI is InChI=1S/C16H18N4O2S/c21-15(18-14-9-20-7-5-11(14)6-8-20)12-1-3-13(4-2-12)23-16-19-17-10-22-16/h1-4,10-11,14H,5-9H2,(H,18,21). The van der Waals surface area contributed by atoms with Crippen LogP contribution in [0.2, 0.25) is 0 Å². The molecule has 0 radical (unpaired) electrons. The van der Waals surface area contributed by atoms with Gasteiger partial charge in [0, 0.05) is 23.0 Å². The van der Waals surface area contributed by atoms with Crippen LogP contribution >= 0.6 is 11.8 Å². The summed E-state index contributed by atoms with van der Waals surface area (Å²) in [5.41, 5.74) is 0.691. The van der Waals surface area contributed by atoms with Crippen molar-refractivity contribution in [3.8, 4) is 0 Å². The highest BCUT2D eigenvalue weighted by atomic mass is 32.2. The predicted octanol–water partition coefficient (Wildman–Crippen LogP) is 2.04. The number of piperidine rings is 3. The second-order valence-corrected chi connectivity index (χ2v) is 7.07. The number of hydrogen-bond acceptors (Lipinski definition) is 6. The summed E-state index contributed by atoms with van der Waals surface area (Å²) >= 11 is 1.38. The van der Waals surface area contributed by atoms with E-state index in [0.29, 0.717) is 16.7 Å². The number of carbonyl (C=O) groups excluding carboxylic acids is 1. The molecule has 3 aliphatic rings. The third-order valence-electron chi connectivity index (χ3n) is 4.63. The Labute approximate surface area is 138 Å². The molecule has 0 spiro atoms. The molecular formula is C16H18N4O2S. The SMILES string of the molecule is O=C(NC1CN2CCC1CC2)c1ccc(Sc2nnco2)cc1. The van der Waals surface area contributed by atoms with Crippen molar-refractivity contribution in [3.05, 3.63) is 36.2 Å². The molecule has 0 aliphatic carbocycles. The van der Waals surface area contributed by atoms with E-state index < -0.39 is 0 Å². The molecule has 2 aromatic rings. The van der Waals surface area contributed by atoms with Gasteiger partial charge >= 0.3 is 0 Å². The van der Waals surface area contributed by atoms with Crippen LogP contribution in [0.3, 0.4) is 0 Å². The van der Waals surface area contributed by atoms with Crippen LogP contribution in [0.15, 0.2) is 45.2 Å². The highest BCUT2D eigenvalue weighted by molar-refractivity contribution is 7.99. The van der Waals surface area contributed by atoms with E-state index in [4.69, 9.17) is 4.42 Å². The fourth-order valence-electron chi connectivity index (χ4n) is 3.36. The van der Waals surface area contributed by atoms with Gasteiger partial charge < -0.3 is 14.6 Å². The first-order valence-corrected chi connectivity index (χ1v) is 8.67. The van der Waals surface area contributed by atoms with Crippen LogP contribution in [0.4, 0.5) is 0 Å². The number of amides is 1. The number of nitrogens with zero attached hydrogens (tertiary/aromatic N) is 3. The smallest absolute Gasteiger partial charge is 0.281 e. The van der Waals surface area contributed by atoms with Gasteiger partial charge in [-0.25, -0.2) is 0 Å². The van der Waals surface area contributed by atoms with Crippen molar-refractivity contribution in [2.75, 3.05) is 19.6 Å². The molecule has 1 aromatic carbocycles. The molecule has 6 nitrogen and oxygen atoms in total. The van der Waals surface area contributed by atoms with Gasteiger partial charge in [-0.15, -0.1) is 10.2 Å². The van der Waals surface area contributed by atoms with Crippen molar-refractivity contribution in [2.24, 2.45) is 5.92 Å². The van der Waals surface area contributed by atoms with Crippen LogP contribution < -0.4 is 5.32 Å². The Balaban J connectivity index is 1.38. The van der Waals surface area contributed by atoms with Crippen LogP contribution in [-0.4, -0.2) is 46.7 Å². The topological polar surface area (TPSA) is 71.3 Å². The average molecular weight is 330 g/mol. The highest BCUT2D eigenvalue weighted by Crippen LogP contribution is 2.28. The molecule has 3 aliphatic heterocycles. The van der Waals surface area contributed by atoms with Crippen molar-refractivity contribution in [1.82, 2.24) is 20.4 Å². The Morgan fingerprint density at radius 1 is 1.26 bits per heavy atom. The van der Waals surface area contributed by atoms with Crippen LogP contribution in [0.5, 0.6) is 0 Å². The fraction of sp³-hybridized carbons (Fsp3) is 0.438. The predicted molar refractivity (Wildman–Crippen MR) is 85.3 cm³/mol. The summed E-state index contributed by atoms with van der Waals surface area (Å²) < 4.78 is 5.10. The van der Waals surface area contributed by atoms with E-state index in [-0.39, 0.29) is 11.9 Å². The van der Waals surface area contributed by atoms with Gasteiger partial charge in [0.15, 0.2) is 0 Å². The molecule has 5 rings (SSSR count). The van der Waals surface area contributed by atoms with E-state index >= 15 is 0 Å². The van der Waals surface area contributed by atoms with E-state index in [2.05, 4.69) is 20.4 Å². The number of hydrogen-bond donors (Lipinski definition) is 1. The lowest BCUT2D eigenvalue weighted by atomic mass is 9.84. The summed E-state index contributed by atoms with van der Waals surface area (Å²) in [6, 6.07) is 7.78. The maximum Gasteiger partial charge on any atom is 0.281 e. The molecule has 1 N–H and O–H groups in total. The molecule has 1 atom stereocenters. The second-order valence-electron chi connectivity index (χ2n) is 6.05. The van der Waals surface area contributed by atoms with Crippen molar-refractivity contribution in [3.63, 3.8) is 0 Å². The van der Waals surface area contributed by atoms with Crippen molar-refractivity contribution < 1.29 is 9.21 Å². The first kappa shape index (κ1) is 14.7. The molecule has 1 amide bonds. The van der Waals surface area contributed by atoms with E-state index in [1.54, 1.807) is 0 Å². The summed E-state index contributed by atoms with van der Waals surface area (Å²) in [6.45, 7) is 3.35. The van der Waals surface area contributed by atoms with Gasteiger partial charge in [0.25, 0.3) is 11.1 Å². The number of benzene rings is 1. The lowest BCUT2D eigenvalue weighted by Gasteiger charge is -2.44. The van der Waals surface area contributed by atoms with Crippen molar-refractivity contribution in [2.45, 2.75) is 29.0 Å². The lowest BCUT2D eigenvalue weighted by Crippen LogP contribution is -2.57. The third kappa shape index (κ3) is 3.25. The minimum Gasteiger partial charge on any atom is -0.419 e. The largest absolute Gasteiger partial charge is 0.419 e. The average Bonchev–Trinajstić information content (AvgIpc) is 3.09. The van der Waals surface area contributed by atoms with Gasteiger partial charge in [0.05, 0.1) is 0 Å². The third-order valence-corrected chi connectivity index (χ3v) is 5.49. The highest BCUT2D eigenvalue weighted by Gasteiger charge is 2.34. The first-order valence-electron chi connectivity index (χ1n) is 7.85. The van der Waals surface area contributed by atoms with Gasteiger partial charge in [0.1, 0.15) is 0 Å². The monoisotopic (exact) mass is 330 g/mol. The summed E-state index contributed by atoms with van der Waals surface area (Å²) in [7, 11) is 0. The molecular weight excluding hydrogens is 312 g/mol. The van der Waals surface area contributed by atoms with Gasteiger partial charge in [-0.05, 0) is 67.9 Å². The number of aromatic nitrogens is 2. The number of nitrogens with one attached hydrogen (secondary N) is 1. The molecule has 3 fully saturated rings. The van der Waals surface area contributed by atoms with Gasteiger partial charge in [-0.3, -0.25) is 4.79 Å². The molecule has 0 saturated carbocycles.